The van der Waals surface area contributed by atoms with E-state index in [0.717, 1.165) is 5.56 Å². The molecule has 0 fully saturated rings. The maximum atomic E-state index is 11.3. The fraction of sp³-hybridized carbons (Fsp3) is 0.588. The van der Waals surface area contributed by atoms with Gasteiger partial charge in [-0.25, -0.2) is 0 Å². The van der Waals surface area contributed by atoms with Crippen LogP contribution in [0, 0.1) is 11.3 Å². The molecule has 0 aromatic heterocycles. The Hall–Kier alpha value is -1.43. The molecule has 0 bridgehead atoms. The number of carboxylic acids is 1. The second kappa shape index (κ2) is 8.27. The molecule has 0 radical (unpaired) electrons. The van der Waals surface area contributed by atoms with Crippen LogP contribution in [0.4, 0.5) is 0 Å². The Balaban J connectivity index is 2.43. The Morgan fingerprint density at radius 1 is 1.18 bits per heavy atom. The van der Waals surface area contributed by atoms with E-state index in [1.54, 1.807) is 20.8 Å². The zero-order valence-corrected chi connectivity index (χ0v) is 13.4. The Morgan fingerprint density at radius 3 is 2.27 bits per heavy atom. The van der Waals surface area contributed by atoms with Gasteiger partial charge in [-0.15, -0.1) is 0 Å². The van der Waals surface area contributed by atoms with E-state index in [4.69, 9.17) is 4.74 Å². The molecule has 0 heterocycles. The summed E-state index contributed by atoms with van der Waals surface area (Å²) in [5, 5.41) is 29.3. The van der Waals surface area contributed by atoms with Crippen molar-refractivity contribution < 1.29 is 24.9 Å². The second-order valence-corrected chi connectivity index (χ2v) is 6.64. The molecule has 0 aliphatic heterocycles. The highest BCUT2D eigenvalue weighted by Crippen LogP contribution is 2.30. The topological polar surface area (TPSA) is 87.0 Å². The van der Waals surface area contributed by atoms with Gasteiger partial charge in [0.2, 0.25) is 0 Å². The lowest BCUT2D eigenvalue weighted by atomic mass is 9.76. The minimum atomic E-state index is -1.12. The fourth-order valence-corrected chi connectivity index (χ4v) is 2.48. The highest BCUT2D eigenvalue weighted by atomic mass is 16.5. The number of aliphatic carboxylic acids is 1. The third-order valence-corrected chi connectivity index (χ3v) is 3.52. The van der Waals surface area contributed by atoms with E-state index in [0.29, 0.717) is 6.61 Å². The van der Waals surface area contributed by atoms with Crippen molar-refractivity contribution in [2.45, 2.75) is 46.0 Å². The quantitative estimate of drug-likeness (QED) is 0.684. The number of hydrogen-bond donors (Lipinski definition) is 3. The maximum absolute atomic E-state index is 11.3. The minimum Gasteiger partial charge on any atom is -0.481 e. The summed E-state index contributed by atoms with van der Waals surface area (Å²) in [6.45, 7) is 5.70. The van der Waals surface area contributed by atoms with Gasteiger partial charge < -0.3 is 20.1 Å². The van der Waals surface area contributed by atoms with Crippen molar-refractivity contribution in [2.75, 3.05) is 6.61 Å². The van der Waals surface area contributed by atoms with Crippen molar-refractivity contribution in [1.82, 2.24) is 0 Å². The molecule has 0 aliphatic carbocycles. The first-order chi connectivity index (χ1) is 10.2. The molecule has 1 aromatic carbocycles. The third kappa shape index (κ3) is 6.13. The normalized spacial score (nSPS) is 16.0. The summed E-state index contributed by atoms with van der Waals surface area (Å²) in [7, 11) is 0. The highest BCUT2D eigenvalue weighted by Gasteiger charge is 2.38. The lowest BCUT2D eigenvalue weighted by Gasteiger charge is -2.31. The van der Waals surface area contributed by atoms with Gasteiger partial charge in [0.05, 0.1) is 31.3 Å². The predicted molar refractivity (Wildman–Crippen MR) is 83.3 cm³/mol. The molecule has 3 atom stereocenters. The Kier molecular flexibility index (Phi) is 7.00. The first-order valence-electron chi connectivity index (χ1n) is 7.42. The summed E-state index contributed by atoms with van der Waals surface area (Å²) in [5.74, 6) is -1.99. The molecule has 1 unspecified atom stereocenters. The Morgan fingerprint density at radius 2 is 1.77 bits per heavy atom. The Labute approximate surface area is 131 Å². The van der Waals surface area contributed by atoms with Crippen LogP contribution in [0.2, 0.25) is 0 Å². The van der Waals surface area contributed by atoms with Gasteiger partial charge >= 0.3 is 5.97 Å². The van der Waals surface area contributed by atoms with Gasteiger partial charge in [-0.05, 0) is 11.0 Å². The smallest absolute Gasteiger partial charge is 0.309 e. The van der Waals surface area contributed by atoms with Crippen LogP contribution in [0.1, 0.15) is 32.8 Å². The van der Waals surface area contributed by atoms with E-state index in [-0.39, 0.29) is 13.0 Å². The van der Waals surface area contributed by atoms with Crippen LogP contribution in [0.3, 0.4) is 0 Å². The molecule has 5 nitrogen and oxygen atoms in total. The van der Waals surface area contributed by atoms with Crippen LogP contribution in [-0.4, -0.2) is 40.1 Å². The third-order valence-electron chi connectivity index (χ3n) is 3.52. The number of hydrogen-bond acceptors (Lipinski definition) is 4. The van der Waals surface area contributed by atoms with E-state index in [2.05, 4.69) is 0 Å². The van der Waals surface area contributed by atoms with E-state index in [1.807, 2.05) is 30.3 Å². The zero-order valence-electron chi connectivity index (χ0n) is 13.4. The molecule has 0 saturated carbocycles. The maximum Gasteiger partial charge on any atom is 0.309 e. The number of carbonyl (C=O) groups is 1. The SMILES string of the molecule is CC(C)(C)C(C(=O)O)[C@H](O)C[C@@H](O)COCc1ccccc1. The minimum absolute atomic E-state index is 0.0248. The van der Waals surface area contributed by atoms with Crippen LogP contribution in [0.25, 0.3) is 0 Å². The summed E-state index contributed by atoms with van der Waals surface area (Å²) >= 11 is 0. The van der Waals surface area contributed by atoms with Gasteiger partial charge in [-0.3, -0.25) is 4.79 Å². The number of aliphatic hydroxyl groups excluding tert-OH is 2. The standard InChI is InChI=1S/C17H26O5/c1-17(2,3)15(16(20)21)14(19)9-13(18)11-22-10-12-7-5-4-6-8-12/h4-8,13-15,18-19H,9-11H2,1-3H3,(H,20,21)/t13-,14-,15?/m1/s1. The molecule has 1 aromatic rings. The lowest BCUT2D eigenvalue weighted by Crippen LogP contribution is -2.40. The largest absolute Gasteiger partial charge is 0.481 e. The number of carboxylic acid groups (broad SMARTS) is 1. The molecule has 1 rings (SSSR count). The molecular formula is C17H26O5. The van der Waals surface area contributed by atoms with Gasteiger partial charge in [0.25, 0.3) is 0 Å². The van der Waals surface area contributed by atoms with Crippen LogP contribution in [0.15, 0.2) is 30.3 Å². The predicted octanol–water partition coefficient (Wildman–Crippen LogP) is 2.06. The van der Waals surface area contributed by atoms with Gasteiger partial charge in [0, 0.05) is 6.42 Å². The van der Waals surface area contributed by atoms with E-state index < -0.39 is 29.5 Å². The summed E-state index contributed by atoms with van der Waals surface area (Å²) < 4.78 is 5.40. The average Bonchev–Trinajstić information content (AvgIpc) is 2.37. The van der Waals surface area contributed by atoms with Crippen molar-refractivity contribution >= 4 is 5.97 Å². The van der Waals surface area contributed by atoms with Crippen LogP contribution in [-0.2, 0) is 16.1 Å². The van der Waals surface area contributed by atoms with Crippen LogP contribution in [0.5, 0.6) is 0 Å². The monoisotopic (exact) mass is 310 g/mol. The molecule has 0 saturated heterocycles. The molecule has 124 valence electrons. The van der Waals surface area contributed by atoms with Crippen molar-refractivity contribution in [3.8, 4) is 0 Å². The van der Waals surface area contributed by atoms with Gasteiger partial charge in [0.1, 0.15) is 0 Å². The fourth-order valence-electron chi connectivity index (χ4n) is 2.48. The van der Waals surface area contributed by atoms with E-state index in [1.165, 1.54) is 0 Å². The van der Waals surface area contributed by atoms with Gasteiger partial charge in [-0.1, -0.05) is 51.1 Å². The zero-order chi connectivity index (χ0) is 16.8. The highest BCUT2D eigenvalue weighted by molar-refractivity contribution is 5.71. The van der Waals surface area contributed by atoms with Gasteiger partial charge in [-0.2, -0.15) is 0 Å². The molecule has 3 N–H and O–H groups in total. The van der Waals surface area contributed by atoms with E-state index >= 15 is 0 Å². The van der Waals surface area contributed by atoms with Crippen LogP contribution < -0.4 is 0 Å². The molecule has 22 heavy (non-hydrogen) atoms. The molecule has 5 heteroatoms. The van der Waals surface area contributed by atoms with Crippen molar-refractivity contribution in [1.29, 1.82) is 0 Å². The van der Waals surface area contributed by atoms with E-state index in [9.17, 15) is 20.1 Å². The van der Waals surface area contributed by atoms with Gasteiger partial charge in [0.15, 0.2) is 0 Å². The first-order valence-corrected chi connectivity index (χ1v) is 7.42. The van der Waals surface area contributed by atoms with Crippen molar-refractivity contribution in [3.63, 3.8) is 0 Å². The molecule has 0 aliphatic rings. The Bertz CT molecular complexity index is 452. The molecule has 0 amide bonds. The molecule has 0 spiro atoms. The first kappa shape index (κ1) is 18.6. The summed E-state index contributed by atoms with van der Waals surface area (Å²) in [4.78, 5) is 11.3. The lowest BCUT2D eigenvalue weighted by molar-refractivity contribution is -0.152. The van der Waals surface area contributed by atoms with Crippen molar-refractivity contribution in [2.24, 2.45) is 11.3 Å². The second-order valence-electron chi connectivity index (χ2n) is 6.64. The summed E-state index contributed by atoms with van der Waals surface area (Å²) in [5.41, 5.74) is 0.406. The number of benzene rings is 1. The number of ether oxygens (including phenoxy) is 1. The van der Waals surface area contributed by atoms with Crippen LogP contribution >= 0.6 is 0 Å². The summed E-state index contributed by atoms with van der Waals surface area (Å²) in [6, 6.07) is 9.55. The average molecular weight is 310 g/mol. The molecular weight excluding hydrogens is 284 g/mol. The number of rotatable bonds is 8. The van der Waals surface area contributed by atoms with Crippen molar-refractivity contribution in [3.05, 3.63) is 35.9 Å². The summed E-state index contributed by atoms with van der Waals surface area (Å²) in [6.07, 6.45) is -2.04. The number of aliphatic hydroxyl groups is 2.